The van der Waals surface area contributed by atoms with E-state index in [0.29, 0.717) is 0 Å². The molecular formula is C23H22N2. The first-order valence-corrected chi connectivity index (χ1v) is 8.47. The van der Waals surface area contributed by atoms with E-state index in [1.807, 2.05) is 36.4 Å². The van der Waals surface area contributed by atoms with Gasteiger partial charge in [0.25, 0.3) is 0 Å². The van der Waals surface area contributed by atoms with E-state index in [4.69, 9.17) is 5.73 Å². The number of benzene rings is 3. The quantitative estimate of drug-likeness (QED) is 0.539. The van der Waals surface area contributed by atoms with E-state index >= 15 is 0 Å². The van der Waals surface area contributed by atoms with Gasteiger partial charge in [0.2, 0.25) is 0 Å². The third-order valence-electron chi connectivity index (χ3n) is 4.16. The van der Waals surface area contributed by atoms with Crippen molar-refractivity contribution in [3.63, 3.8) is 0 Å². The molecule has 3 rings (SSSR count). The zero-order valence-corrected chi connectivity index (χ0v) is 14.4. The van der Waals surface area contributed by atoms with Gasteiger partial charge >= 0.3 is 0 Å². The summed E-state index contributed by atoms with van der Waals surface area (Å²) in [5.74, 6) is 6.15. The lowest BCUT2D eigenvalue weighted by atomic mass is 10.00. The van der Waals surface area contributed by atoms with Gasteiger partial charge in [0, 0.05) is 23.8 Å². The highest BCUT2D eigenvalue weighted by Crippen LogP contribution is 2.23. The smallest absolute Gasteiger partial charge is 0.0314 e. The fourth-order valence-electron chi connectivity index (χ4n) is 2.79. The molecule has 1 unspecified atom stereocenters. The van der Waals surface area contributed by atoms with Crippen molar-refractivity contribution in [2.24, 2.45) is 0 Å². The zero-order valence-electron chi connectivity index (χ0n) is 14.4. The van der Waals surface area contributed by atoms with Crippen LogP contribution in [0.3, 0.4) is 0 Å². The Morgan fingerprint density at radius 3 is 2.60 bits per heavy atom. The maximum Gasteiger partial charge on any atom is 0.0314 e. The summed E-state index contributed by atoms with van der Waals surface area (Å²) in [5, 5.41) is 6.11. The van der Waals surface area contributed by atoms with Crippen molar-refractivity contribution in [3.8, 4) is 11.8 Å². The lowest BCUT2D eigenvalue weighted by molar-refractivity contribution is 0.621. The molecule has 0 fully saturated rings. The van der Waals surface area contributed by atoms with Crippen LogP contribution >= 0.6 is 0 Å². The van der Waals surface area contributed by atoms with Crippen LogP contribution in [-0.4, -0.2) is 6.54 Å². The monoisotopic (exact) mass is 326 g/mol. The van der Waals surface area contributed by atoms with Crippen LogP contribution in [-0.2, 0) is 0 Å². The molecule has 2 nitrogen and oxygen atoms in total. The Bertz CT molecular complexity index is 922. The highest BCUT2D eigenvalue weighted by molar-refractivity contribution is 5.86. The van der Waals surface area contributed by atoms with Crippen LogP contribution in [0.2, 0.25) is 0 Å². The highest BCUT2D eigenvalue weighted by atomic mass is 14.9. The summed E-state index contributed by atoms with van der Waals surface area (Å²) < 4.78 is 0. The maximum absolute atomic E-state index is 5.66. The van der Waals surface area contributed by atoms with Gasteiger partial charge in [-0.05, 0) is 53.6 Å². The molecule has 2 heteroatoms. The molecule has 3 aromatic rings. The average molecular weight is 326 g/mol. The second kappa shape index (κ2) is 8.19. The molecule has 0 saturated carbocycles. The number of hydrogen-bond donors (Lipinski definition) is 2. The minimum absolute atomic E-state index is 0.279. The number of allylic oxidation sites excluding steroid dienone is 1. The first kappa shape index (κ1) is 16.8. The predicted molar refractivity (Wildman–Crippen MR) is 107 cm³/mol. The van der Waals surface area contributed by atoms with Crippen LogP contribution < -0.4 is 11.1 Å². The Balaban J connectivity index is 1.57. The Kier molecular flexibility index (Phi) is 5.51. The van der Waals surface area contributed by atoms with Gasteiger partial charge in [-0.3, -0.25) is 0 Å². The SMILES string of the molecule is CC(NC/C=C/C#Cc1ccc(N)cc1)c1cccc2ccccc12. The van der Waals surface area contributed by atoms with Crippen molar-refractivity contribution in [3.05, 3.63) is 90.0 Å². The molecule has 3 aromatic carbocycles. The third kappa shape index (κ3) is 4.50. The van der Waals surface area contributed by atoms with Crippen LogP contribution in [0.4, 0.5) is 5.69 Å². The number of nitrogens with one attached hydrogen (secondary N) is 1. The summed E-state index contributed by atoms with van der Waals surface area (Å²) in [7, 11) is 0. The molecule has 124 valence electrons. The molecule has 25 heavy (non-hydrogen) atoms. The molecule has 0 aliphatic carbocycles. The van der Waals surface area contributed by atoms with Gasteiger partial charge in [0.15, 0.2) is 0 Å². The van der Waals surface area contributed by atoms with Crippen molar-refractivity contribution < 1.29 is 0 Å². The first-order valence-electron chi connectivity index (χ1n) is 8.47. The van der Waals surface area contributed by atoms with Gasteiger partial charge in [0.1, 0.15) is 0 Å². The van der Waals surface area contributed by atoms with Crippen LogP contribution in [0.1, 0.15) is 24.1 Å². The maximum atomic E-state index is 5.66. The van der Waals surface area contributed by atoms with Crippen LogP contribution in [0.25, 0.3) is 10.8 Å². The predicted octanol–water partition coefficient (Wildman–Crippen LogP) is 4.68. The molecule has 0 saturated heterocycles. The third-order valence-corrected chi connectivity index (χ3v) is 4.16. The van der Waals surface area contributed by atoms with E-state index in [1.165, 1.54) is 16.3 Å². The van der Waals surface area contributed by atoms with Crippen LogP contribution in [0, 0.1) is 11.8 Å². The van der Waals surface area contributed by atoms with E-state index in [9.17, 15) is 0 Å². The van der Waals surface area contributed by atoms with Crippen molar-refractivity contribution in [2.75, 3.05) is 12.3 Å². The van der Waals surface area contributed by atoms with E-state index in [2.05, 4.69) is 66.5 Å². The van der Waals surface area contributed by atoms with Crippen molar-refractivity contribution >= 4 is 16.5 Å². The molecule has 3 N–H and O–H groups in total. The molecule has 0 aliphatic rings. The van der Waals surface area contributed by atoms with Gasteiger partial charge in [0.05, 0.1) is 0 Å². The number of rotatable bonds is 4. The molecule has 1 atom stereocenters. The van der Waals surface area contributed by atoms with Gasteiger partial charge in [-0.1, -0.05) is 60.4 Å². The number of nitrogen functional groups attached to an aromatic ring is 1. The summed E-state index contributed by atoms with van der Waals surface area (Å²) in [6, 6.07) is 22.8. The summed E-state index contributed by atoms with van der Waals surface area (Å²) in [4.78, 5) is 0. The lowest BCUT2D eigenvalue weighted by Gasteiger charge is -2.15. The normalized spacial score (nSPS) is 12.0. The van der Waals surface area contributed by atoms with E-state index < -0.39 is 0 Å². The second-order valence-electron chi connectivity index (χ2n) is 5.99. The molecule has 0 aliphatic heterocycles. The molecule has 0 bridgehead atoms. The number of fused-ring (bicyclic) bond motifs is 1. The van der Waals surface area contributed by atoms with Gasteiger partial charge in [-0.15, -0.1) is 0 Å². The molecule has 0 radical (unpaired) electrons. The van der Waals surface area contributed by atoms with Crippen molar-refractivity contribution in [2.45, 2.75) is 13.0 Å². The Hall–Kier alpha value is -3.02. The van der Waals surface area contributed by atoms with E-state index in [0.717, 1.165) is 17.8 Å². The highest BCUT2D eigenvalue weighted by Gasteiger charge is 2.07. The topological polar surface area (TPSA) is 38.0 Å². The molecular weight excluding hydrogens is 304 g/mol. The number of nitrogens with two attached hydrogens (primary N) is 1. The van der Waals surface area contributed by atoms with Gasteiger partial charge < -0.3 is 11.1 Å². The second-order valence-corrected chi connectivity index (χ2v) is 5.99. The zero-order chi connectivity index (χ0) is 17.5. The standard InChI is InChI=1S/C23H22N2/c1-18(22-12-7-10-20-9-4-5-11-23(20)22)25-17-6-2-3-8-19-13-15-21(24)16-14-19/h2,4-7,9-16,18,25H,17,24H2,1H3/b6-2+. The number of anilines is 1. The minimum atomic E-state index is 0.279. The van der Waals surface area contributed by atoms with Gasteiger partial charge in [-0.2, -0.15) is 0 Å². The molecule has 0 aromatic heterocycles. The fraction of sp³-hybridized carbons (Fsp3) is 0.130. The van der Waals surface area contributed by atoms with E-state index in [-0.39, 0.29) is 6.04 Å². The molecule has 0 amide bonds. The Morgan fingerprint density at radius 2 is 1.76 bits per heavy atom. The first-order chi connectivity index (χ1) is 12.2. The van der Waals surface area contributed by atoms with Crippen molar-refractivity contribution in [1.29, 1.82) is 0 Å². The van der Waals surface area contributed by atoms with Crippen LogP contribution in [0.15, 0.2) is 78.9 Å². The summed E-state index contributed by atoms with van der Waals surface area (Å²) in [5.41, 5.74) is 8.71. The number of hydrogen-bond acceptors (Lipinski definition) is 2. The minimum Gasteiger partial charge on any atom is -0.399 e. The fourth-order valence-corrected chi connectivity index (χ4v) is 2.79. The lowest BCUT2D eigenvalue weighted by Crippen LogP contribution is -2.18. The summed E-state index contributed by atoms with van der Waals surface area (Å²) in [6.45, 7) is 2.97. The largest absolute Gasteiger partial charge is 0.399 e. The summed E-state index contributed by atoms with van der Waals surface area (Å²) in [6.07, 6.45) is 3.94. The van der Waals surface area contributed by atoms with Gasteiger partial charge in [-0.25, -0.2) is 0 Å². The molecule has 0 spiro atoms. The summed E-state index contributed by atoms with van der Waals surface area (Å²) >= 11 is 0. The van der Waals surface area contributed by atoms with Crippen LogP contribution in [0.5, 0.6) is 0 Å². The van der Waals surface area contributed by atoms with E-state index in [1.54, 1.807) is 0 Å². The van der Waals surface area contributed by atoms with Crippen molar-refractivity contribution in [1.82, 2.24) is 5.32 Å². The molecule has 0 heterocycles. The Labute approximate surface area is 149 Å². The Morgan fingerprint density at radius 1 is 1.00 bits per heavy atom. The average Bonchev–Trinajstić information content (AvgIpc) is 2.65.